The van der Waals surface area contributed by atoms with Crippen LogP contribution in [-0.2, 0) is 19.3 Å². The summed E-state index contributed by atoms with van der Waals surface area (Å²) in [6, 6.07) is 14.4. The molecule has 0 saturated carbocycles. The van der Waals surface area contributed by atoms with Gasteiger partial charge in [0.15, 0.2) is 12.1 Å². The van der Waals surface area contributed by atoms with Gasteiger partial charge in [-0.1, -0.05) is 48.5 Å². The Morgan fingerprint density at radius 1 is 0.920 bits per heavy atom. The van der Waals surface area contributed by atoms with E-state index in [1.165, 1.54) is 7.11 Å². The van der Waals surface area contributed by atoms with Gasteiger partial charge < -0.3 is 4.74 Å². The molecule has 0 fully saturated rings. The van der Waals surface area contributed by atoms with Crippen LogP contribution < -0.4 is 0 Å². The van der Waals surface area contributed by atoms with Crippen LogP contribution in [0.25, 0.3) is 0 Å². The molecule has 0 radical (unpaired) electrons. The molecular weight excluding hydrogens is 320 g/mol. The number of carbonyl (C=O) groups is 2. The predicted molar refractivity (Wildman–Crippen MR) is 93.1 cm³/mol. The molecule has 25 heavy (non-hydrogen) atoms. The molecule has 2 aromatic rings. The molecular formula is C20H22O5. The van der Waals surface area contributed by atoms with E-state index in [-0.39, 0.29) is 5.78 Å². The molecule has 2 aromatic carbocycles. The Balaban J connectivity index is 2.38. The maximum absolute atomic E-state index is 13.2. The lowest BCUT2D eigenvalue weighted by molar-refractivity contribution is -0.342. The summed E-state index contributed by atoms with van der Waals surface area (Å²) in [7, 11) is 1.43. The lowest BCUT2D eigenvalue weighted by atomic mass is 9.87. The van der Waals surface area contributed by atoms with Crippen molar-refractivity contribution in [1.29, 1.82) is 0 Å². The first-order chi connectivity index (χ1) is 12.0. The minimum atomic E-state index is -1.11. The maximum atomic E-state index is 13.2. The number of carbonyl (C=O) groups excluding carboxylic acids is 2. The van der Waals surface area contributed by atoms with Crippen molar-refractivity contribution >= 4 is 11.8 Å². The van der Waals surface area contributed by atoms with Crippen molar-refractivity contribution in [2.45, 2.75) is 33.0 Å². The standard InChI is InChI=1S/C20H22O5/c1-13-9-8-10-14(2)17(13)19(21)18(16-11-6-5-7-12-16)20(22)25-24-15(3)23-4/h5-12,15,18H,1-4H3. The van der Waals surface area contributed by atoms with E-state index >= 15 is 0 Å². The van der Waals surface area contributed by atoms with Crippen LogP contribution in [0.4, 0.5) is 0 Å². The Kier molecular flexibility index (Phi) is 6.44. The number of aryl methyl sites for hydroxylation is 2. The third kappa shape index (κ3) is 4.53. The summed E-state index contributed by atoms with van der Waals surface area (Å²) in [6.07, 6.45) is -0.726. The van der Waals surface area contributed by atoms with E-state index in [2.05, 4.69) is 0 Å². The van der Waals surface area contributed by atoms with Crippen LogP contribution in [0.15, 0.2) is 48.5 Å². The highest BCUT2D eigenvalue weighted by Crippen LogP contribution is 2.26. The number of Topliss-reactive ketones (excluding diaryl/α,β-unsaturated/α-hetero) is 1. The zero-order chi connectivity index (χ0) is 18.4. The summed E-state index contributed by atoms with van der Waals surface area (Å²) >= 11 is 0. The molecule has 0 aliphatic carbocycles. The molecule has 0 heterocycles. The Labute approximate surface area is 147 Å². The van der Waals surface area contributed by atoms with E-state index in [4.69, 9.17) is 14.5 Å². The second-order valence-electron chi connectivity index (χ2n) is 5.78. The van der Waals surface area contributed by atoms with Crippen LogP contribution in [0.1, 0.15) is 39.9 Å². The summed E-state index contributed by atoms with van der Waals surface area (Å²) in [5.41, 5.74) is 2.69. The quantitative estimate of drug-likeness (QED) is 0.252. The second kappa shape index (κ2) is 8.55. The average Bonchev–Trinajstić information content (AvgIpc) is 2.60. The monoisotopic (exact) mass is 342 g/mol. The SMILES string of the molecule is COC(C)OOC(=O)C(C(=O)c1c(C)cccc1C)c1ccccc1. The van der Waals surface area contributed by atoms with Crippen LogP contribution in [-0.4, -0.2) is 25.2 Å². The van der Waals surface area contributed by atoms with E-state index in [1.807, 2.05) is 38.1 Å². The van der Waals surface area contributed by atoms with Crippen LogP contribution in [0.2, 0.25) is 0 Å². The first-order valence-corrected chi connectivity index (χ1v) is 8.01. The predicted octanol–water partition coefficient (Wildman–Crippen LogP) is 3.74. The molecule has 0 aliphatic heterocycles. The Morgan fingerprint density at radius 2 is 1.52 bits per heavy atom. The molecule has 0 aromatic heterocycles. The van der Waals surface area contributed by atoms with E-state index in [9.17, 15) is 9.59 Å². The Hall–Kier alpha value is -2.50. The van der Waals surface area contributed by atoms with Gasteiger partial charge in [0.1, 0.15) is 5.92 Å². The number of ketones is 1. The lowest BCUT2D eigenvalue weighted by Gasteiger charge is -2.18. The number of ether oxygens (including phenoxy) is 1. The molecule has 2 unspecified atom stereocenters. The largest absolute Gasteiger partial charge is 0.357 e. The van der Waals surface area contributed by atoms with E-state index in [0.29, 0.717) is 11.1 Å². The van der Waals surface area contributed by atoms with Crippen LogP contribution in [0.5, 0.6) is 0 Å². The van der Waals surface area contributed by atoms with Gasteiger partial charge in [-0.3, -0.25) is 9.68 Å². The number of methoxy groups -OCH3 is 1. The fourth-order valence-electron chi connectivity index (χ4n) is 2.59. The van der Waals surface area contributed by atoms with Gasteiger partial charge in [-0.2, -0.15) is 4.89 Å². The van der Waals surface area contributed by atoms with Crippen molar-refractivity contribution in [3.63, 3.8) is 0 Å². The van der Waals surface area contributed by atoms with E-state index in [1.54, 1.807) is 31.2 Å². The third-order valence-corrected chi connectivity index (χ3v) is 3.96. The minimum absolute atomic E-state index is 0.319. The Bertz CT molecular complexity index is 719. The molecule has 0 aliphatic rings. The maximum Gasteiger partial charge on any atom is 0.357 e. The molecule has 0 bridgehead atoms. The van der Waals surface area contributed by atoms with Gasteiger partial charge in [-0.15, -0.1) is 0 Å². The highest BCUT2D eigenvalue weighted by molar-refractivity contribution is 6.14. The van der Waals surface area contributed by atoms with Crippen molar-refractivity contribution in [2.75, 3.05) is 7.11 Å². The fourth-order valence-corrected chi connectivity index (χ4v) is 2.59. The van der Waals surface area contributed by atoms with Crippen LogP contribution in [0, 0.1) is 13.8 Å². The van der Waals surface area contributed by atoms with Gasteiger partial charge in [0, 0.05) is 12.7 Å². The second-order valence-corrected chi connectivity index (χ2v) is 5.78. The lowest BCUT2D eigenvalue weighted by Crippen LogP contribution is -2.27. The summed E-state index contributed by atoms with van der Waals surface area (Å²) in [4.78, 5) is 35.5. The molecule has 0 N–H and O–H groups in total. The van der Waals surface area contributed by atoms with Crippen LogP contribution >= 0.6 is 0 Å². The summed E-state index contributed by atoms with van der Waals surface area (Å²) < 4.78 is 4.88. The highest BCUT2D eigenvalue weighted by Gasteiger charge is 2.33. The normalized spacial score (nSPS) is 13.1. The fraction of sp³-hybridized carbons (Fsp3) is 0.300. The molecule has 132 valence electrons. The molecule has 5 nitrogen and oxygen atoms in total. The van der Waals surface area contributed by atoms with Gasteiger partial charge in [0.05, 0.1) is 0 Å². The third-order valence-electron chi connectivity index (χ3n) is 3.96. The van der Waals surface area contributed by atoms with Crippen molar-refractivity contribution in [2.24, 2.45) is 0 Å². The summed E-state index contributed by atoms with van der Waals surface area (Å²) in [5, 5.41) is 0. The molecule has 5 heteroatoms. The molecule has 0 spiro atoms. The summed E-state index contributed by atoms with van der Waals surface area (Å²) in [5.74, 6) is -2.20. The summed E-state index contributed by atoms with van der Waals surface area (Å²) in [6.45, 7) is 5.27. The van der Waals surface area contributed by atoms with Gasteiger partial charge in [-0.25, -0.2) is 4.79 Å². The van der Waals surface area contributed by atoms with Crippen molar-refractivity contribution in [1.82, 2.24) is 0 Å². The first-order valence-electron chi connectivity index (χ1n) is 8.01. The van der Waals surface area contributed by atoms with Gasteiger partial charge in [0.2, 0.25) is 0 Å². The van der Waals surface area contributed by atoms with Crippen molar-refractivity contribution in [3.05, 3.63) is 70.8 Å². The topological polar surface area (TPSA) is 61.8 Å². The van der Waals surface area contributed by atoms with Crippen molar-refractivity contribution < 1.29 is 24.1 Å². The zero-order valence-corrected chi connectivity index (χ0v) is 14.8. The number of benzene rings is 2. The Morgan fingerprint density at radius 3 is 2.08 bits per heavy atom. The van der Waals surface area contributed by atoms with E-state index < -0.39 is 18.2 Å². The van der Waals surface area contributed by atoms with Crippen molar-refractivity contribution in [3.8, 4) is 0 Å². The first kappa shape index (κ1) is 18.8. The average molecular weight is 342 g/mol. The zero-order valence-electron chi connectivity index (χ0n) is 14.8. The number of rotatable bonds is 7. The molecule has 0 amide bonds. The number of hydrogen-bond acceptors (Lipinski definition) is 5. The van der Waals surface area contributed by atoms with Crippen LogP contribution in [0.3, 0.4) is 0 Å². The molecule has 2 rings (SSSR count). The molecule has 2 atom stereocenters. The van der Waals surface area contributed by atoms with E-state index in [0.717, 1.165) is 11.1 Å². The number of hydrogen-bond donors (Lipinski definition) is 0. The minimum Gasteiger partial charge on any atom is -0.352 e. The molecule has 0 saturated heterocycles. The van der Waals surface area contributed by atoms with Gasteiger partial charge in [0.25, 0.3) is 0 Å². The smallest absolute Gasteiger partial charge is 0.352 e. The van der Waals surface area contributed by atoms with Gasteiger partial charge >= 0.3 is 5.97 Å². The highest BCUT2D eigenvalue weighted by atomic mass is 17.2. The van der Waals surface area contributed by atoms with Gasteiger partial charge in [-0.05, 0) is 37.5 Å².